The fourth-order valence-electron chi connectivity index (χ4n) is 4.17. The lowest BCUT2D eigenvalue weighted by Gasteiger charge is -2.13. The lowest BCUT2D eigenvalue weighted by molar-refractivity contribution is 0.200. The third kappa shape index (κ3) is 3.37. The van der Waals surface area contributed by atoms with Gasteiger partial charge in [0.05, 0.1) is 47.9 Å². The first-order valence-electron chi connectivity index (χ1n) is 10.5. The van der Waals surface area contributed by atoms with Gasteiger partial charge in [-0.25, -0.2) is 9.97 Å². The van der Waals surface area contributed by atoms with E-state index in [9.17, 15) is 5.11 Å². The predicted octanol–water partition coefficient (Wildman–Crippen LogP) is 4.14. The Morgan fingerprint density at radius 2 is 1.91 bits per heavy atom. The highest BCUT2D eigenvalue weighted by atomic mass is 16.5. The number of aryl methyl sites for hydroxylation is 2. The van der Waals surface area contributed by atoms with Crippen molar-refractivity contribution in [1.82, 2.24) is 24.7 Å². The maximum Gasteiger partial charge on any atom is 0.222 e. The van der Waals surface area contributed by atoms with E-state index in [4.69, 9.17) is 24.0 Å². The number of rotatable bonds is 6. The van der Waals surface area contributed by atoms with Gasteiger partial charge in [-0.3, -0.25) is 9.55 Å². The van der Waals surface area contributed by atoms with E-state index in [0.717, 1.165) is 28.2 Å². The predicted molar refractivity (Wildman–Crippen MR) is 123 cm³/mol. The van der Waals surface area contributed by atoms with Crippen LogP contribution in [0, 0.1) is 13.8 Å². The van der Waals surface area contributed by atoms with Gasteiger partial charge in [-0.15, -0.1) is 0 Å². The molecule has 0 spiro atoms. The molecule has 0 aliphatic carbocycles. The van der Waals surface area contributed by atoms with Crippen LogP contribution in [0.25, 0.3) is 38.9 Å². The van der Waals surface area contributed by atoms with Crippen molar-refractivity contribution in [1.29, 1.82) is 0 Å². The van der Waals surface area contributed by atoms with Crippen molar-refractivity contribution in [3.63, 3.8) is 0 Å². The largest absolute Gasteiger partial charge is 0.506 e. The number of aromatic hydroxyl groups is 1. The van der Waals surface area contributed by atoms with E-state index in [-0.39, 0.29) is 5.75 Å². The third-order valence-corrected chi connectivity index (χ3v) is 5.64. The molecule has 0 saturated carbocycles. The Kier molecular flexibility index (Phi) is 5.18. The number of nitrogens with zero attached hydrogens (tertiary/aromatic N) is 5. The first-order chi connectivity index (χ1) is 16.0. The van der Waals surface area contributed by atoms with Gasteiger partial charge in [-0.05, 0) is 32.0 Å². The van der Waals surface area contributed by atoms with E-state index in [0.29, 0.717) is 46.9 Å². The summed E-state index contributed by atoms with van der Waals surface area (Å²) >= 11 is 0. The molecule has 0 radical (unpaired) electrons. The van der Waals surface area contributed by atoms with Gasteiger partial charge in [0.15, 0.2) is 0 Å². The number of ether oxygens (including phenoxy) is 2. The summed E-state index contributed by atoms with van der Waals surface area (Å²) in [7, 11) is 3.22. The van der Waals surface area contributed by atoms with E-state index >= 15 is 0 Å². The Bertz CT molecular complexity index is 1470. The number of aromatic nitrogens is 5. The zero-order chi connectivity index (χ0) is 23.1. The molecule has 168 valence electrons. The van der Waals surface area contributed by atoms with Gasteiger partial charge in [-0.1, -0.05) is 17.3 Å². The van der Waals surface area contributed by atoms with Crippen LogP contribution in [-0.2, 0) is 11.2 Å². The first-order valence-corrected chi connectivity index (χ1v) is 10.5. The average Bonchev–Trinajstić information content (AvgIpc) is 3.36. The molecule has 0 saturated heterocycles. The molecule has 4 aromatic heterocycles. The number of para-hydroxylation sites is 2. The molecule has 0 aliphatic heterocycles. The molecular weight excluding hydrogens is 422 g/mol. The lowest BCUT2D eigenvalue weighted by atomic mass is 10.0. The van der Waals surface area contributed by atoms with Gasteiger partial charge in [0, 0.05) is 13.5 Å². The summed E-state index contributed by atoms with van der Waals surface area (Å²) in [4.78, 5) is 14.2. The molecule has 1 N–H and O–H groups in total. The molecule has 0 atom stereocenters. The van der Waals surface area contributed by atoms with Crippen LogP contribution in [-0.4, -0.2) is 50.6 Å². The van der Waals surface area contributed by atoms with Crippen LogP contribution in [0.3, 0.4) is 0 Å². The van der Waals surface area contributed by atoms with E-state index in [1.807, 2.05) is 36.6 Å². The standard InChI is InChI=1S/C24H23N5O4/c1-13-21(14(2)33-28-13)15-11-16-22(27-24(15)32-4)23-17(12-25-16)26-20(9-10-31-3)29(23)18-7-5-6-8-19(18)30/h5-8,11-12,30H,9-10H2,1-4H3. The third-order valence-electron chi connectivity index (χ3n) is 5.64. The Hall–Kier alpha value is -3.98. The summed E-state index contributed by atoms with van der Waals surface area (Å²) in [5, 5.41) is 14.7. The smallest absolute Gasteiger partial charge is 0.222 e. The highest BCUT2D eigenvalue weighted by Gasteiger charge is 2.23. The molecule has 9 heteroatoms. The van der Waals surface area contributed by atoms with Gasteiger partial charge >= 0.3 is 0 Å². The highest BCUT2D eigenvalue weighted by Crippen LogP contribution is 2.38. The maximum absolute atomic E-state index is 10.6. The zero-order valence-electron chi connectivity index (χ0n) is 18.8. The van der Waals surface area contributed by atoms with Crippen molar-refractivity contribution >= 4 is 22.1 Å². The number of fused-ring (bicyclic) bond motifs is 3. The number of benzene rings is 1. The molecule has 33 heavy (non-hydrogen) atoms. The second kappa shape index (κ2) is 8.18. The fraction of sp³-hybridized carbons (Fsp3) is 0.250. The SMILES string of the molecule is COCCc1nc2cnc3cc(-c4c(C)noc4C)c(OC)nc3c2n1-c1ccccc1O. The highest BCUT2D eigenvalue weighted by molar-refractivity contribution is 6.02. The second-order valence-electron chi connectivity index (χ2n) is 7.70. The molecule has 5 rings (SSSR count). The number of hydrogen-bond donors (Lipinski definition) is 1. The molecule has 9 nitrogen and oxygen atoms in total. The van der Waals surface area contributed by atoms with Gasteiger partial charge in [-0.2, -0.15) is 0 Å². The molecule has 0 unspecified atom stereocenters. The molecule has 5 aromatic rings. The molecule has 0 fully saturated rings. The molecule has 4 heterocycles. The summed E-state index contributed by atoms with van der Waals surface area (Å²) in [6, 6.07) is 9.06. The number of phenolic OH excluding ortho intramolecular Hbond substituents is 1. The quantitative estimate of drug-likeness (QED) is 0.415. The van der Waals surface area contributed by atoms with Crippen LogP contribution < -0.4 is 4.74 Å². The number of methoxy groups -OCH3 is 2. The van der Waals surface area contributed by atoms with Crippen LogP contribution in [0.4, 0.5) is 0 Å². The number of phenols is 1. The number of imidazole rings is 1. The van der Waals surface area contributed by atoms with Crippen LogP contribution >= 0.6 is 0 Å². The van der Waals surface area contributed by atoms with E-state index < -0.39 is 0 Å². The summed E-state index contributed by atoms with van der Waals surface area (Å²) in [6.45, 7) is 4.21. The number of hydrogen-bond acceptors (Lipinski definition) is 8. The van der Waals surface area contributed by atoms with Crippen LogP contribution in [0.2, 0.25) is 0 Å². The molecule has 0 bridgehead atoms. The summed E-state index contributed by atoms with van der Waals surface area (Å²) in [5.74, 6) is 1.97. The number of pyridine rings is 2. The van der Waals surface area contributed by atoms with Crippen molar-refractivity contribution in [2.75, 3.05) is 20.8 Å². The van der Waals surface area contributed by atoms with Crippen LogP contribution in [0.15, 0.2) is 41.1 Å². The first kappa shape index (κ1) is 20.9. The van der Waals surface area contributed by atoms with Crippen molar-refractivity contribution < 1.29 is 19.1 Å². The van der Waals surface area contributed by atoms with Crippen molar-refractivity contribution in [2.24, 2.45) is 0 Å². The second-order valence-corrected chi connectivity index (χ2v) is 7.70. The minimum Gasteiger partial charge on any atom is -0.506 e. The van der Waals surface area contributed by atoms with E-state index in [1.165, 1.54) is 0 Å². The molecule has 0 amide bonds. The summed E-state index contributed by atoms with van der Waals surface area (Å²) in [5.41, 5.74) is 5.60. The minimum absolute atomic E-state index is 0.139. The van der Waals surface area contributed by atoms with E-state index in [1.54, 1.807) is 32.5 Å². The molecule has 1 aromatic carbocycles. The zero-order valence-corrected chi connectivity index (χ0v) is 18.8. The van der Waals surface area contributed by atoms with Crippen molar-refractivity contribution in [2.45, 2.75) is 20.3 Å². The van der Waals surface area contributed by atoms with Crippen LogP contribution in [0.5, 0.6) is 11.6 Å². The van der Waals surface area contributed by atoms with Gasteiger partial charge in [0.2, 0.25) is 5.88 Å². The Morgan fingerprint density at radius 1 is 1.09 bits per heavy atom. The summed E-state index contributed by atoms with van der Waals surface area (Å²) < 4.78 is 18.2. The Balaban J connectivity index is 1.86. The summed E-state index contributed by atoms with van der Waals surface area (Å²) in [6.07, 6.45) is 2.27. The van der Waals surface area contributed by atoms with Gasteiger partial charge < -0.3 is 19.1 Å². The van der Waals surface area contributed by atoms with Crippen molar-refractivity contribution in [3.8, 4) is 28.4 Å². The minimum atomic E-state index is 0.139. The van der Waals surface area contributed by atoms with Crippen molar-refractivity contribution in [3.05, 3.63) is 53.8 Å². The molecule has 0 aliphatic rings. The Morgan fingerprint density at radius 3 is 2.61 bits per heavy atom. The average molecular weight is 445 g/mol. The molecular formula is C24H23N5O4. The Labute approximate surface area is 189 Å². The monoisotopic (exact) mass is 445 g/mol. The van der Waals surface area contributed by atoms with E-state index in [2.05, 4.69) is 10.1 Å². The van der Waals surface area contributed by atoms with Crippen LogP contribution in [0.1, 0.15) is 17.3 Å². The van der Waals surface area contributed by atoms with Gasteiger partial charge in [0.1, 0.15) is 33.9 Å². The topological polar surface area (TPSA) is 108 Å². The van der Waals surface area contributed by atoms with Gasteiger partial charge in [0.25, 0.3) is 0 Å². The maximum atomic E-state index is 10.6. The fourth-order valence-corrected chi connectivity index (χ4v) is 4.17. The lowest BCUT2D eigenvalue weighted by Crippen LogP contribution is -2.06. The normalized spacial score (nSPS) is 11.5.